The molecule has 7 N–H and O–H groups in total. The maximum atomic E-state index is 12.2. The summed E-state index contributed by atoms with van der Waals surface area (Å²) in [4.78, 5) is 45.6. The Hall–Kier alpha value is -3.05. The molecule has 1 rings (SSSR count). The quantitative estimate of drug-likeness (QED) is 0.231. The van der Waals surface area contributed by atoms with Gasteiger partial charge in [0.25, 0.3) is 0 Å². The van der Waals surface area contributed by atoms with Crippen LogP contribution >= 0.6 is 11.8 Å². The molecule has 1 aromatic carbocycles. The van der Waals surface area contributed by atoms with Crippen LogP contribution in [0.25, 0.3) is 6.08 Å². The first-order valence-corrected chi connectivity index (χ1v) is 10.1. The largest absolute Gasteiger partial charge is 0.508 e. The third-order valence-electron chi connectivity index (χ3n) is 3.77. The summed E-state index contributed by atoms with van der Waals surface area (Å²) in [6.07, 6.45) is 3.41. The summed E-state index contributed by atoms with van der Waals surface area (Å²) in [5, 5.41) is 31.4. The van der Waals surface area contributed by atoms with Gasteiger partial charge < -0.3 is 31.7 Å². The zero-order valence-corrected chi connectivity index (χ0v) is 16.9. The molecule has 10 nitrogen and oxygen atoms in total. The van der Waals surface area contributed by atoms with Gasteiger partial charge >= 0.3 is 11.9 Å². The number of carboxylic acid groups (broad SMARTS) is 2. The molecule has 0 heterocycles. The topological polar surface area (TPSA) is 179 Å². The molecule has 164 valence electrons. The number of benzene rings is 1. The van der Waals surface area contributed by atoms with Crippen LogP contribution in [0.15, 0.2) is 30.3 Å². The van der Waals surface area contributed by atoms with Gasteiger partial charge in [-0.05, 0) is 24.1 Å². The molecule has 11 heteroatoms. The van der Waals surface area contributed by atoms with E-state index in [1.54, 1.807) is 24.3 Å². The van der Waals surface area contributed by atoms with E-state index in [1.165, 1.54) is 11.8 Å². The van der Waals surface area contributed by atoms with Gasteiger partial charge in [0.15, 0.2) is 0 Å². The zero-order chi connectivity index (χ0) is 22.5. The second-order valence-corrected chi connectivity index (χ2v) is 7.32. The molecule has 0 fully saturated rings. The van der Waals surface area contributed by atoms with Gasteiger partial charge in [-0.25, -0.2) is 0 Å². The Morgan fingerprint density at radius 1 is 1.13 bits per heavy atom. The summed E-state index contributed by atoms with van der Waals surface area (Å²) >= 11 is 1.34. The van der Waals surface area contributed by atoms with Crippen LogP contribution in [0.2, 0.25) is 0 Å². The lowest BCUT2D eigenvalue weighted by Gasteiger charge is -2.18. The number of carbonyl (C=O) groups excluding carboxylic acids is 2. The maximum Gasteiger partial charge on any atom is 0.322 e. The molecule has 0 saturated carbocycles. The molecule has 0 aromatic heterocycles. The molecule has 0 radical (unpaired) electrons. The van der Waals surface area contributed by atoms with Gasteiger partial charge in [-0.3, -0.25) is 19.2 Å². The number of hydrogen-bond acceptors (Lipinski definition) is 7. The van der Waals surface area contributed by atoms with E-state index in [0.29, 0.717) is 5.75 Å². The van der Waals surface area contributed by atoms with Crippen molar-refractivity contribution in [2.75, 3.05) is 18.1 Å². The van der Waals surface area contributed by atoms with Crippen LogP contribution in [0.3, 0.4) is 0 Å². The van der Waals surface area contributed by atoms with Gasteiger partial charge in [0.1, 0.15) is 24.4 Å². The number of amides is 2. The normalized spacial score (nSPS) is 12.8. The Bertz CT molecular complexity index is 768. The minimum Gasteiger partial charge on any atom is -0.508 e. The van der Waals surface area contributed by atoms with Crippen molar-refractivity contribution >= 4 is 41.6 Å². The first-order chi connectivity index (χ1) is 14.2. The number of aliphatic carboxylic acids is 2. The molecule has 0 aliphatic rings. The minimum absolute atomic E-state index is 0.0901. The number of carboxylic acids is 2. The highest BCUT2D eigenvalue weighted by Crippen LogP contribution is 2.12. The second-order valence-electron chi connectivity index (χ2n) is 6.25. The smallest absolute Gasteiger partial charge is 0.322 e. The molecular formula is C19H25N3O7S. The first kappa shape index (κ1) is 25.0. The molecular weight excluding hydrogens is 414 g/mol. The number of nitrogens with two attached hydrogens (primary N) is 1. The van der Waals surface area contributed by atoms with Crippen molar-refractivity contribution in [3.63, 3.8) is 0 Å². The van der Waals surface area contributed by atoms with E-state index in [9.17, 15) is 24.3 Å². The monoisotopic (exact) mass is 439 g/mol. The molecule has 0 unspecified atom stereocenters. The Balaban J connectivity index is 2.56. The van der Waals surface area contributed by atoms with Crippen LogP contribution in [0.4, 0.5) is 0 Å². The Kier molecular flexibility index (Phi) is 11.0. The lowest BCUT2D eigenvalue weighted by Crippen LogP contribution is -2.49. The summed E-state index contributed by atoms with van der Waals surface area (Å²) in [6, 6.07) is 4.42. The minimum atomic E-state index is -1.23. The lowest BCUT2D eigenvalue weighted by molar-refractivity contribution is -0.139. The zero-order valence-electron chi connectivity index (χ0n) is 16.1. The Labute approximate surface area is 177 Å². The number of hydrogen-bond donors (Lipinski definition) is 6. The summed E-state index contributed by atoms with van der Waals surface area (Å²) < 4.78 is 0. The summed E-state index contributed by atoms with van der Waals surface area (Å²) in [5.74, 6) is -2.78. The lowest BCUT2D eigenvalue weighted by atomic mass is 10.1. The molecule has 0 spiro atoms. The number of thioether (sulfide) groups is 1. The van der Waals surface area contributed by atoms with Crippen molar-refractivity contribution in [3.05, 3.63) is 35.9 Å². The summed E-state index contributed by atoms with van der Waals surface area (Å²) in [6.45, 7) is -0.583. The highest BCUT2D eigenvalue weighted by molar-refractivity contribution is 7.99. The number of nitrogens with one attached hydrogen (secondary N) is 2. The van der Waals surface area contributed by atoms with Crippen molar-refractivity contribution in [2.45, 2.75) is 24.9 Å². The van der Waals surface area contributed by atoms with Gasteiger partial charge in [0.05, 0.1) is 0 Å². The van der Waals surface area contributed by atoms with E-state index in [4.69, 9.17) is 15.9 Å². The SMILES string of the molecule is N[C@@H](CCC(=O)N[C@@H](CSC/C=C/c1ccc(O)cc1)C(=O)NCC(=O)O)C(=O)O. The molecule has 2 amide bonds. The van der Waals surface area contributed by atoms with Crippen LogP contribution in [-0.4, -0.2) is 69.2 Å². The van der Waals surface area contributed by atoms with Crippen LogP contribution < -0.4 is 16.4 Å². The molecule has 0 aliphatic carbocycles. The van der Waals surface area contributed by atoms with E-state index in [2.05, 4.69) is 10.6 Å². The van der Waals surface area contributed by atoms with Crippen LogP contribution in [0.5, 0.6) is 5.75 Å². The highest BCUT2D eigenvalue weighted by atomic mass is 32.2. The van der Waals surface area contributed by atoms with E-state index in [1.807, 2.05) is 12.2 Å². The first-order valence-electron chi connectivity index (χ1n) is 8.99. The third-order valence-corrected chi connectivity index (χ3v) is 4.76. The summed E-state index contributed by atoms with van der Waals surface area (Å²) in [7, 11) is 0. The fraction of sp³-hybridized carbons (Fsp3) is 0.368. The molecule has 0 bridgehead atoms. The number of carbonyl (C=O) groups is 4. The van der Waals surface area contributed by atoms with E-state index < -0.39 is 42.4 Å². The molecule has 0 aliphatic heterocycles. The number of phenols is 1. The number of rotatable bonds is 13. The standard InChI is InChI=1S/C19H25N3O7S/c20-14(19(28)29)7-8-16(24)22-15(18(27)21-10-17(25)26)11-30-9-1-2-12-3-5-13(23)6-4-12/h1-6,14-15,23H,7-11,20H2,(H,21,27)(H,22,24)(H,25,26)(H,28,29)/b2-1+/t14-,15-/m0/s1. The third kappa shape index (κ3) is 10.5. The van der Waals surface area contributed by atoms with Gasteiger partial charge in [0.2, 0.25) is 11.8 Å². The average Bonchev–Trinajstić information content (AvgIpc) is 2.70. The molecule has 0 saturated heterocycles. The van der Waals surface area contributed by atoms with Gasteiger partial charge in [0, 0.05) is 17.9 Å². The van der Waals surface area contributed by atoms with Crippen molar-refractivity contribution in [3.8, 4) is 5.75 Å². The van der Waals surface area contributed by atoms with Crippen LogP contribution in [-0.2, 0) is 19.2 Å². The van der Waals surface area contributed by atoms with Gasteiger partial charge in [-0.2, -0.15) is 11.8 Å². The van der Waals surface area contributed by atoms with Crippen molar-refractivity contribution in [2.24, 2.45) is 5.73 Å². The van der Waals surface area contributed by atoms with Crippen molar-refractivity contribution in [1.82, 2.24) is 10.6 Å². The van der Waals surface area contributed by atoms with Crippen LogP contribution in [0.1, 0.15) is 18.4 Å². The fourth-order valence-electron chi connectivity index (χ4n) is 2.17. The van der Waals surface area contributed by atoms with E-state index >= 15 is 0 Å². The second kappa shape index (κ2) is 13.2. The molecule has 2 atom stereocenters. The number of phenolic OH excluding ortho intramolecular Hbond substituents is 1. The average molecular weight is 439 g/mol. The maximum absolute atomic E-state index is 12.2. The predicted octanol–water partition coefficient (Wildman–Crippen LogP) is 0.0163. The Morgan fingerprint density at radius 2 is 1.80 bits per heavy atom. The molecule has 30 heavy (non-hydrogen) atoms. The number of aromatic hydroxyl groups is 1. The Morgan fingerprint density at radius 3 is 2.40 bits per heavy atom. The van der Waals surface area contributed by atoms with Crippen molar-refractivity contribution in [1.29, 1.82) is 0 Å². The van der Waals surface area contributed by atoms with Crippen molar-refractivity contribution < 1.29 is 34.5 Å². The predicted molar refractivity (Wildman–Crippen MR) is 112 cm³/mol. The highest BCUT2D eigenvalue weighted by Gasteiger charge is 2.22. The van der Waals surface area contributed by atoms with E-state index in [0.717, 1.165) is 5.56 Å². The summed E-state index contributed by atoms with van der Waals surface area (Å²) in [5.41, 5.74) is 6.24. The molecule has 1 aromatic rings. The fourth-order valence-corrected chi connectivity index (χ4v) is 3.01. The van der Waals surface area contributed by atoms with E-state index in [-0.39, 0.29) is 24.3 Å². The van der Waals surface area contributed by atoms with Gasteiger partial charge in [-0.15, -0.1) is 0 Å². The van der Waals surface area contributed by atoms with Gasteiger partial charge in [-0.1, -0.05) is 24.3 Å². The van der Waals surface area contributed by atoms with Crippen LogP contribution in [0, 0.1) is 0 Å².